The van der Waals surface area contributed by atoms with E-state index in [0.29, 0.717) is 0 Å². The van der Waals surface area contributed by atoms with Gasteiger partial charge in [0.25, 0.3) is 0 Å². The molecular formula is C10H15BrN2O. The van der Waals surface area contributed by atoms with Crippen molar-refractivity contribution in [2.24, 2.45) is 5.73 Å². The van der Waals surface area contributed by atoms with Gasteiger partial charge in [-0.3, -0.25) is 4.98 Å². The molecule has 78 valence electrons. The normalized spacial score (nSPS) is 12.8. The summed E-state index contributed by atoms with van der Waals surface area (Å²) in [6.45, 7) is 0.759. The Balaban J connectivity index is 2.47. The first-order chi connectivity index (χ1) is 6.74. The maximum atomic E-state index is 5.99. The van der Waals surface area contributed by atoms with Crippen LogP contribution >= 0.6 is 15.9 Å². The van der Waals surface area contributed by atoms with Gasteiger partial charge in [0.2, 0.25) is 0 Å². The first-order valence-corrected chi connectivity index (χ1v) is 5.38. The molecule has 0 aliphatic heterocycles. The van der Waals surface area contributed by atoms with E-state index >= 15 is 0 Å². The molecule has 0 amide bonds. The van der Waals surface area contributed by atoms with Crippen LogP contribution < -0.4 is 5.73 Å². The van der Waals surface area contributed by atoms with Gasteiger partial charge in [0.05, 0.1) is 0 Å². The number of nitrogens with two attached hydrogens (primary N) is 1. The van der Waals surface area contributed by atoms with E-state index in [0.717, 1.165) is 29.5 Å². The lowest BCUT2D eigenvalue weighted by Gasteiger charge is -2.11. The average Bonchev–Trinajstić information content (AvgIpc) is 2.18. The third-order valence-electron chi connectivity index (χ3n) is 2.02. The minimum absolute atomic E-state index is 0.0511. The van der Waals surface area contributed by atoms with Crippen LogP contribution in [0.15, 0.2) is 22.9 Å². The molecule has 0 spiro atoms. The fourth-order valence-electron chi connectivity index (χ4n) is 1.25. The van der Waals surface area contributed by atoms with Gasteiger partial charge in [-0.1, -0.05) is 0 Å². The summed E-state index contributed by atoms with van der Waals surface area (Å²) in [5, 5.41) is 0. The monoisotopic (exact) mass is 258 g/mol. The van der Waals surface area contributed by atoms with Crippen molar-refractivity contribution in [2.75, 3.05) is 13.7 Å². The second-order valence-electron chi connectivity index (χ2n) is 3.18. The molecule has 0 saturated heterocycles. The first kappa shape index (κ1) is 11.6. The molecule has 0 bridgehead atoms. The third kappa shape index (κ3) is 3.74. The van der Waals surface area contributed by atoms with E-state index in [1.165, 1.54) is 0 Å². The van der Waals surface area contributed by atoms with Gasteiger partial charge in [-0.05, 0) is 40.4 Å². The molecule has 1 aromatic rings. The lowest BCUT2D eigenvalue weighted by atomic mass is 10.1. The Hall–Kier alpha value is -0.450. The number of aromatic nitrogens is 1. The van der Waals surface area contributed by atoms with Crippen LogP contribution in [0.5, 0.6) is 0 Å². The van der Waals surface area contributed by atoms with Gasteiger partial charge < -0.3 is 10.5 Å². The van der Waals surface area contributed by atoms with Gasteiger partial charge in [-0.15, -0.1) is 0 Å². The van der Waals surface area contributed by atoms with Gasteiger partial charge >= 0.3 is 0 Å². The Morgan fingerprint density at radius 2 is 2.36 bits per heavy atom. The summed E-state index contributed by atoms with van der Waals surface area (Å²) in [5.41, 5.74) is 7.05. The van der Waals surface area contributed by atoms with Crippen molar-refractivity contribution >= 4 is 15.9 Å². The largest absolute Gasteiger partial charge is 0.385 e. The number of nitrogens with zero attached hydrogens (tertiary/aromatic N) is 1. The third-order valence-corrected chi connectivity index (χ3v) is 2.45. The predicted molar refractivity (Wildman–Crippen MR) is 60.0 cm³/mol. The molecule has 1 heterocycles. The number of halogens is 1. The summed E-state index contributed by atoms with van der Waals surface area (Å²) in [4.78, 5) is 4.08. The zero-order valence-corrected chi connectivity index (χ0v) is 9.83. The smallest absolute Gasteiger partial charge is 0.0462 e. The molecule has 0 fully saturated rings. The quantitative estimate of drug-likeness (QED) is 0.825. The number of pyridine rings is 1. The van der Waals surface area contributed by atoms with Crippen LogP contribution in [0.4, 0.5) is 0 Å². The van der Waals surface area contributed by atoms with E-state index in [9.17, 15) is 0 Å². The molecule has 0 aromatic carbocycles. The van der Waals surface area contributed by atoms with E-state index in [-0.39, 0.29) is 6.04 Å². The van der Waals surface area contributed by atoms with Gasteiger partial charge in [0.1, 0.15) is 0 Å². The van der Waals surface area contributed by atoms with E-state index in [4.69, 9.17) is 10.5 Å². The highest BCUT2D eigenvalue weighted by atomic mass is 79.9. The van der Waals surface area contributed by atoms with Gasteiger partial charge in [-0.2, -0.15) is 0 Å². The minimum atomic E-state index is 0.0511. The molecule has 1 unspecified atom stereocenters. The second kappa shape index (κ2) is 6.11. The van der Waals surface area contributed by atoms with Crippen LogP contribution in [0.2, 0.25) is 0 Å². The molecule has 0 saturated carbocycles. The minimum Gasteiger partial charge on any atom is -0.385 e. The van der Waals surface area contributed by atoms with Gasteiger partial charge in [0, 0.05) is 36.6 Å². The Bertz CT molecular complexity index is 281. The molecule has 0 aliphatic rings. The highest BCUT2D eigenvalue weighted by molar-refractivity contribution is 9.10. The summed E-state index contributed by atoms with van der Waals surface area (Å²) in [6, 6.07) is 2.06. The van der Waals surface area contributed by atoms with Gasteiger partial charge in [-0.25, -0.2) is 0 Å². The van der Waals surface area contributed by atoms with Crippen LogP contribution in [0.1, 0.15) is 24.4 Å². The molecule has 0 aliphatic carbocycles. The maximum Gasteiger partial charge on any atom is 0.0462 e. The Labute approximate surface area is 92.8 Å². The molecule has 2 N–H and O–H groups in total. The molecule has 4 heteroatoms. The highest BCUT2D eigenvalue weighted by Crippen LogP contribution is 2.18. The van der Waals surface area contributed by atoms with Crippen molar-refractivity contribution in [3.63, 3.8) is 0 Å². The number of methoxy groups -OCH3 is 1. The van der Waals surface area contributed by atoms with Crippen molar-refractivity contribution in [3.8, 4) is 0 Å². The molecule has 0 radical (unpaired) electrons. The average molecular weight is 259 g/mol. The van der Waals surface area contributed by atoms with Gasteiger partial charge in [0.15, 0.2) is 0 Å². The van der Waals surface area contributed by atoms with E-state index in [1.54, 1.807) is 13.3 Å². The van der Waals surface area contributed by atoms with Crippen molar-refractivity contribution in [2.45, 2.75) is 18.9 Å². The lowest BCUT2D eigenvalue weighted by Crippen LogP contribution is -2.11. The number of hydrogen-bond donors (Lipinski definition) is 1. The zero-order valence-electron chi connectivity index (χ0n) is 8.24. The standard InChI is InChI=1S/C10H15BrN2O/c1-14-4-2-3-10(12)8-5-9(11)7-13-6-8/h5-7,10H,2-4,12H2,1H3. The first-order valence-electron chi connectivity index (χ1n) is 4.59. The SMILES string of the molecule is COCCCC(N)c1cncc(Br)c1. The molecule has 1 aromatic heterocycles. The zero-order chi connectivity index (χ0) is 10.4. The van der Waals surface area contributed by atoms with Crippen molar-refractivity contribution < 1.29 is 4.74 Å². The summed E-state index contributed by atoms with van der Waals surface area (Å²) >= 11 is 3.37. The van der Waals surface area contributed by atoms with Crippen molar-refractivity contribution in [1.82, 2.24) is 4.98 Å². The summed E-state index contributed by atoms with van der Waals surface area (Å²) in [6.07, 6.45) is 5.46. The number of hydrogen-bond acceptors (Lipinski definition) is 3. The van der Waals surface area contributed by atoms with Crippen LogP contribution in [0.3, 0.4) is 0 Å². The Kier molecular flexibility index (Phi) is 5.07. The summed E-state index contributed by atoms with van der Waals surface area (Å²) < 4.78 is 5.94. The lowest BCUT2D eigenvalue weighted by molar-refractivity contribution is 0.190. The number of rotatable bonds is 5. The van der Waals surface area contributed by atoms with Crippen LogP contribution in [0.25, 0.3) is 0 Å². The fraction of sp³-hybridized carbons (Fsp3) is 0.500. The second-order valence-corrected chi connectivity index (χ2v) is 4.09. The van der Waals surface area contributed by atoms with Crippen molar-refractivity contribution in [3.05, 3.63) is 28.5 Å². The molecule has 3 nitrogen and oxygen atoms in total. The van der Waals surface area contributed by atoms with Crippen LogP contribution in [0, 0.1) is 0 Å². The molecule has 1 atom stereocenters. The van der Waals surface area contributed by atoms with E-state index < -0.39 is 0 Å². The molecule has 1 rings (SSSR count). The fourth-order valence-corrected chi connectivity index (χ4v) is 1.63. The Morgan fingerprint density at radius 1 is 1.57 bits per heavy atom. The highest BCUT2D eigenvalue weighted by Gasteiger charge is 2.05. The Morgan fingerprint density at radius 3 is 3.00 bits per heavy atom. The number of ether oxygens (including phenoxy) is 1. The van der Waals surface area contributed by atoms with Crippen molar-refractivity contribution in [1.29, 1.82) is 0 Å². The predicted octanol–water partition coefficient (Wildman–Crippen LogP) is 2.27. The van der Waals surface area contributed by atoms with E-state index in [2.05, 4.69) is 20.9 Å². The maximum absolute atomic E-state index is 5.99. The van der Waals surface area contributed by atoms with E-state index in [1.807, 2.05) is 12.3 Å². The topological polar surface area (TPSA) is 48.1 Å². The van der Waals surface area contributed by atoms with Crippen LogP contribution in [-0.2, 0) is 4.74 Å². The summed E-state index contributed by atoms with van der Waals surface area (Å²) in [5.74, 6) is 0. The molecule has 14 heavy (non-hydrogen) atoms. The van der Waals surface area contributed by atoms with Crippen LogP contribution in [-0.4, -0.2) is 18.7 Å². The molecular weight excluding hydrogens is 244 g/mol. The summed E-state index contributed by atoms with van der Waals surface area (Å²) in [7, 11) is 1.70.